The molecule has 2 aliphatic heterocycles. The Morgan fingerprint density at radius 1 is 1.04 bits per heavy atom. The Labute approximate surface area is 158 Å². The number of carbonyl (C=O) groups excluding carboxylic acids is 1. The van der Waals surface area contributed by atoms with Crippen molar-refractivity contribution < 1.29 is 9.53 Å². The molecule has 26 heavy (non-hydrogen) atoms. The van der Waals surface area contributed by atoms with E-state index in [0.29, 0.717) is 6.04 Å². The predicted molar refractivity (Wildman–Crippen MR) is 106 cm³/mol. The lowest BCUT2D eigenvalue weighted by molar-refractivity contribution is 0.0708. The van der Waals surface area contributed by atoms with Gasteiger partial charge in [-0.05, 0) is 69.5 Å². The summed E-state index contributed by atoms with van der Waals surface area (Å²) in [6.45, 7) is 7.31. The minimum atomic E-state index is 0.182. The number of benzene rings is 1. The second-order valence-electron chi connectivity index (χ2n) is 7.74. The Morgan fingerprint density at radius 3 is 2.54 bits per heavy atom. The van der Waals surface area contributed by atoms with E-state index in [1.807, 2.05) is 24.3 Å². The molecule has 0 saturated carbocycles. The van der Waals surface area contributed by atoms with Crippen LogP contribution in [-0.4, -0.2) is 54.5 Å². The zero-order chi connectivity index (χ0) is 18.2. The number of rotatable bonds is 9. The van der Waals surface area contributed by atoms with Crippen molar-refractivity contribution in [3.8, 4) is 5.75 Å². The first-order valence-corrected chi connectivity index (χ1v) is 10.5. The smallest absolute Gasteiger partial charge is 0.254 e. The van der Waals surface area contributed by atoms with E-state index in [-0.39, 0.29) is 5.91 Å². The summed E-state index contributed by atoms with van der Waals surface area (Å²) in [5, 5.41) is 0. The molecule has 1 aromatic rings. The summed E-state index contributed by atoms with van der Waals surface area (Å²) < 4.78 is 5.79. The van der Waals surface area contributed by atoms with Gasteiger partial charge in [-0.2, -0.15) is 0 Å². The van der Waals surface area contributed by atoms with Crippen LogP contribution < -0.4 is 4.74 Å². The molecule has 4 heteroatoms. The summed E-state index contributed by atoms with van der Waals surface area (Å²) in [5.41, 5.74) is 0.789. The highest BCUT2D eigenvalue weighted by molar-refractivity contribution is 5.94. The summed E-state index contributed by atoms with van der Waals surface area (Å²) in [4.78, 5) is 17.6. The SMILES string of the molecule is CCCCCCOc1ccc(C(=O)N2CCCC2CN2CCCC2)cc1. The second kappa shape index (κ2) is 9.96. The molecule has 1 aromatic carbocycles. The highest BCUT2D eigenvalue weighted by Gasteiger charge is 2.31. The van der Waals surface area contributed by atoms with Gasteiger partial charge < -0.3 is 14.5 Å². The van der Waals surface area contributed by atoms with Gasteiger partial charge in [-0.25, -0.2) is 0 Å². The van der Waals surface area contributed by atoms with E-state index in [9.17, 15) is 4.79 Å². The highest BCUT2D eigenvalue weighted by Crippen LogP contribution is 2.23. The van der Waals surface area contributed by atoms with Crippen LogP contribution in [0.4, 0.5) is 0 Å². The third-order valence-electron chi connectivity index (χ3n) is 5.67. The fraction of sp³-hybridized carbons (Fsp3) is 0.682. The van der Waals surface area contributed by atoms with Crippen molar-refractivity contribution >= 4 is 5.91 Å². The molecule has 1 amide bonds. The number of amides is 1. The minimum absolute atomic E-state index is 0.182. The third kappa shape index (κ3) is 5.23. The Morgan fingerprint density at radius 2 is 1.81 bits per heavy atom. The number of hydrogen-bond acceptors (Lipinski definition) is 3. The Kier molecular flexibility index (Phi) is 7.36. The van der Waals surface area contributed by atoms with Crippen molar-refractivity contribution in [1.82, 2.24) is 9.80 Å². The Bertz CT molecular complexity index is 552. The van der Waals surface area contributed by atoms with Crippen LogP contribution in [0.25, 0.3) is 0 Å². The van der Waals surface area contributed by atoms with Crippen molar-refractivity contribution in [1.29, 1.82) is 0 Å². The molecule has 4 nitrogen and oxygen atoms in total. The normalized spacial score (nSPS) is 20.7. The topological polar surface area (TPSA) is 32.8 Å². The van der Waals surface area contributed by atoms with Gasteiger partial charge in [0, 0.05) is 24.7 Å². The average molecular weight is 359 g/mol. The molecule has 2 aliphatic rings. The molecule has 1 atom stereocenters. The zero-order valence-electron chi connectivity index (χ0n) is 16.3. The van der Waals surface area contributed by atoms with Crippen molar-refractivity contribution in [2.45, 2.75) is 64.3 Å². The summed E-state index contributed by atoms with van der Waals surface area (Å²) >= 11 is 0. The predicted octanol–water partition coefficient (Wildman–Crippen LogP) is 4.35. The lowest BCUT2D eigenvalue weighted by atomic mass is 10.1. The average Bonchev–Trinajstić information content (AvgIpc) is 3.34. The number of nitrogens with zero attached hydrogens (tertiary/aromatic N) is 2. The second-order valence-corrected chi connectivity index (χ2v) is 7.74. The van der Waals surface area contributed by atoms with Crippen molar-refractivity contribution in [3.63, 3.8) is 0 Å². The number of unbranched alkanes of at least 4 members (excludes halogenated alkanes) is 3. The van der Waals surface area contributed by atoms with Crippen LogP contribution in [0.3, 0.4) is 0 Å². The maximum Gasteiger partial charge on any atom is 0.254 e. The third-order valence-corrected chi connectivity index (χ3v) is 5.67. The molecule has 2 heterocycles. The summed E-state index contributed by atoms with van der Waals surface area (Å²) in [6, 6.07) is 8.12. The van der Waals surface area contributed by atoms with Gasteiger partial charge in [-0.3, -0.25) is 4.79 Å². The molecular formula is C22H34N2O2. The van der Waals surface area contributed by atoms with E-state index in [0.717, 1.165) is 50.3 Å². The monoisotopic (exact) mass is 358 g/mol. The molecule has 0 radical (unpaired) electrons. The first-order valence-electron chi connectivity index (χ1n) is 10.5. The minimum Gasteiger partial charge on any atom is -0.494 e. The van der Waals surface area contributed by atoms with Crippen molar-refractivity contribution in [2.75, 3.05) is 32.8 Å². The van der Waals surface area contributed by atoms with Gasteiger partial charge in [0.2, 0.25) is 0 Å². The quantitative estimate of drug-likeness (QED) is 0.615. The lowest BCUT2D eigenvalue weighted by Crippen LogP contribution is -2.42. The lowest BCUT2D eigenvalue weighted by Gasteiger charge is -2.28. The summed E-state index contributed by atoms with van der Waals surface area (Å²) in [6.07, 6.45) is 9.71. The van der Waals surface area contributed by atoms with Gasteiger partial charge in [0.05, 0.1) is 6.61 Å². The fourth-order valence-electron chi connectivity index (χ4n) is 4.13. The Hall–Kier alpha value is -1.55. The van der Waals surface area contributed by atoms with Gasteiger partial charge >= 0.3 is 0 Å². The van der Waals surface area contributed by atoms with Crippen LogP contribution in [0.15, 0.2) is 24.3 Å². The highest BCUT2D eigenvalue weighted by atomic mass is 16.5. The van der Waals surface area contributed by atoms with Crippen LogP contribution in [0, 0.1) is 0 Å². The maximum absolute atomic E-state index is 12.9. The molecule has 144 valence electrons. The van der Waals surface area contributed by atoms with Gasteiger partial charge in [-0.1, -0.05) is 26.2 Å². The summed E-state index contributed by atoms with van der Waals surface area (Å²) in [5.74, 6) is 1.05. The van der Waals surface area contributed by atoms with E-state index in [1.165, 1.54) is 45.2 Å². The van der Waals surface area contributed by atoms with Crippen LogP contribution in [0.2, 0.25) is 0 Å². The molecule has 0 spiro atoms. The van der Waals surface area contributed by atoms with E-state index in [4.69, 9.17) is 4.74 Å². The number of carbonyl (C=O) groups is 1. The number of ether oxygens (including phenoxy) is 1. The van der Waals surface area contributed by atoms with E-state index < -0.39 is 0 Å². The maximum atomic E-state index is 12.9. The van der Waals surface area contributed by atoms with Gasteiger partial charge in [0.1, 0.15) is 5.75 Å². The zero-order valence-corrected chi connectivity index (χ0v) is 16.3. The van der Waals surface area contributed by atoms with Crippen LogP contribution in [-0.2, 0) is 0 Å². The van der Waals surface area contributed by atoms with Gasteiger partial charge in [0.25, 0.3) is 5.91 Å². The Balaban J connectivity index is 1.50. The molecule has 0 N–H and O–H groups in total. The molecule has 0 aliphatic carbocycles. The molecule has 3 rings (SSSR count). The van der Waals surface area contributed by atoms with Crippen molar-refractivity contribution in [2.24, 2.45) is 0 Å². The van der Waals surface area contributed by atoms with Crippen LogP contribution >= 0.6 is 0 Å². The molecule has 0 bridgehead atoms. The van der Waals surface area contributed by atoms with Crippen molar-refractivity contribution in [3.05, 3.63) is 29.8 Å². The molecule has 2 fully saturated rings. The standard InChI is InChI=1S/C22H34N2O2/c1-2-3-4-7-17-26-21-12-10-19(11-13-21)22(25)24-16-8-9-20(24)18-23-14-5-6-15-23/h10-13,20H,2-9,14-18H2,1H3. The molecule has 0 aromatic heterocycles. The van der Waals surface area contributed by atoms with E-state index in [2.05, 4.69) is 16.7 Å². The number of likely N-dealkylation sites (tertiary alicyclic amines) is 2. The first kappa shape index (κ1) is 19.2. The number of hydrogen-bond donors (Lipinski definition) is 0. The molecule has 2 saturated heterocycles. The van der Waals surface area contributed by atoms with E-state index >= 15 is 0 Å². The van der Waals surface area contributed by atoms with Crippen LogP contribution in [0.5, 0.6) is 5.75 Å². The van der Waals surface area contributed by atoms with Gasteiger partial charge in [0.15, 0.2) is 0 Å². The summed E-state index contributed by atoms with van der Waals surface area (Å²) in [7, 11) is 0. The molecular weight excluding hydrogens is 324 g/mol. The van der Waals surface area contributed by atoms with Crippen LogP contribution in [0.1, 0.15) is 68.6 Å². The molecule has 1 unspecified atom stereocenters. The van der Waals surface area contributed by atoms with E-state index in [1.54, 1.807) is 0 Å². The first-order chi connectivity index (χ1) is 12.8. The van der Waals surface area contributed by atoms with Gasteiger partial charge in [-0.15, -0.1) is 0 Å². The largest absolute Gasteiger partial charge is 0.494 e. The fourth-order valence-corrected chi connectivity index (χ4v) is 4.13.